The highest BCUT2D eigenvalue weighted by molar-refractivity contribution is 5.77. The molecule has 0 unspecified atom stereocenters. The molecule has 0 aromatic carbocycles. The smallest absolute Gasteiger partial charge is 0.275 e. The molecule has 1 aliphatic rings. The number of H-pyrrole nitrogens is 1. The molecule has 27 heavy (non-hydrogen) atoms. The Morgan fingerprint density at radius 3 is 2.89 bits per heavy atom. The Bertz CT molecular complexity index is 1060. The number of fused-ring (bicyclic) bond motifs is 1. The molecule has 1 fully saturated rings. The van der Waals surface area contributed by atoms with Crippen molar-refractivity contribution in [2.24, 2.45) is 0 Å². The van der Waals surface area contributed by atoms with Gasteiger partial charge in [-0.05, 0) is 39.7 Å². The third kappa shape index (κ3) is 3.05. The zero-order valence-corrected chi connectivity index (χ0v) is 15.9. The van der Waals surface area contributed by atoms with Gasteiger partial charge in [0.1, 0.15) is 0 Å². The Labute approximate surface area is 156 Å². The van der Waals surface area contributed by atoms with Crippen LogP contribution in [0.1, 0.15) is 47.9 Å². The van der Waals surface area contributed by atoms with E-state index in [1.165, 1.54) is 4.52 Å². The van der Waals surface area contributed by atoms with Crippen LogP contribution in [0.3, 0.4) is 0 Å². The van der Waals surface area contributed by atoms with Crippen LogP contribution >= 0.6 is 0 Å². The number of rotatable bonds is 4. The van der Waals surface area contributed by atoms with Crippen LogP contribution in [-0.2, 0) is 11.3 Å². The van der Waals surface area contributed by atoms with Gasteiger partial charge in [0, 0.05) is 48.7 Å². The van der Waals surface area contributed by atoms with Crippen molar-refractivity contribution in [3.63, 3.8) is 0 Å². The van der Waals surface area contributed by atoms with Crippen molar-refractivity contribution in [3.05, 3.63) is 51.3 Å². The quantitative estimate of drug-likeness (QED) is 0.762. The lowest BCUT2D eigenvalue weighted by atomic mass is 10.1. The van der Waals surface area contributed by atoms with E-state index in [9.17, 15) is 9.59 Å². The van der Waals surface area contributed by atoms with Gasteiger partial charge in [-0.25, -0.2) is 9.50 Å². The fourth-order valence-corrected chi connectivity index (χ4v) is 3.77. The SMILES string of the molecule is Cc1nc2cc([C@@H]3CCCN3C(=O)CCn3nccc3C)[nH]n2c(=O)c1C. The van der Waals surface area contributed by atoms with Gasteiger partial charge < -0.3 is 4.90 Å². The largest absolute Gasteiger partial charge is 0.334 e. The predicted octanol–water partition coefficient (Wildman–Crippen LogP) is 1.90. The molecule has 1 atom stereocenters. The van der Waals surface area contributed by atoms with Crippen molar-refractivity contribution in [3.8, 4) is 0 Å². The molecule has 0 spiro atoms. The Hall–Kier alpha value is -2.90. The van der Waals surface area contributed by atoms with Gasteiger partial charge in [0.05, 0.1) is 11.7 Å². The van der Waals surface area contributed by atoms with Crippen LogP contribution in [0.4, 0.5) is 0 Å². The molecule has 142 valence electrons. The van der Waals surface area contributed by atoms with E-state index in [0.717, 1.165) is 36.5 Å². The predicted molar refractivity (Wildman–Crippen MR) is 101 cm³/mol. The van der Waals surface area contributed by atoms with E-state index >= 15 is 0 Å². The molecule has 1 aliphatic heterocycles. The molecule has 0 aliphatic carbocycles. The van der Waals surface area contributed by atoms with Gasteiger partial charge in [0.25, 0.3) is 5.56 Å². The fourth-order valence-electron chi connectivity index (χ4n) is 3.77. The molecule has 0 bridgehead atoms. The lowest BCUT2D eigenvalue weighted by Gasteiger charge is -2.24. The first-order valence-corrected chi connectivity index (χ1v) is 9.32. The molecule has 4 heterocycles. The van der Waals surface area contributed by atoms with Gasteiger partial charge in [0.15, 0.2) is 5.65 Å². The van der Waals surface area contributed by atoms with Crippen LogP contribution in [0.15, 0.2) is 23.1 Å². The molecular weight excluding hydrogens is 344 g/mol. The molecule has 4 rings (SSSR count). The number of amides is 1. The highest BCUT2D eigenvalue weighted by Gasteiger charge is 2.31. The lowest BCUT2D eigenvalue weighted by molar-refractivity contribution is -0.132. The van der Waals surface area contributed by atoms with Crippen molar-refractivity contribution >= 4 is 11.6 Å². The summed E-state index contributed by atoms with van der Waals surface area (Å²) < 4.78 is 3.33. The number of nitrogens with zero attached hydrogens (tertiary/aromatic N) is 5. The monoisotopic (exact) mass is 368 g/mol. The Morgan fingerprint density at radius 1 is 1.33 bits per heavy atom. The van der Waals surface area contributed by atoms with E-state index in [2.05, 4.69) is 15.2 Å². The summed E-state index contributed by atoms with van der Waals surface area (Å²) in [7, 11) is 0. The number of likely N-dealkylation sites (tertiary alicyclic amines) is 1. The topological polar surface area (TPSA) is 88.3 Å². The average Bonchev–Trinajstić information content (AvgIpc) is 3.36. The highest BCUT2D eigenvalue weighted by Crippen LogP contribution is 2.32. The third-order valence-electron chi connectivity index (χ3n) is 5.50. The van der Waals surface area contributed by atoms with Crippen LogP contribution in [0.5, 0.6) is 0 Å². The Kier molecular flexibility index (Phi) is 4.33. The first-order valence-electron chi connectivity index (χ1n) is 9.32. The first-order chi connectivity index (χ1) is 13.0. The van der Waals surface area contributed by atoms with Gasteiger partial charge in [-0.1, -0.05) is 0 Å². The van der Waals surface area contributed by atoms with Gasteiger partial charge in [0.2, 0.25) is 5.91 Å². The summed E-state index contributed by atoms with van der Waals surface area (Å²) in [5.41, 5.74) is 3.80. The minimum atomic E-state index is -0.0891. The van der Waals surface area contributed by atoms with Crippen LogP contribution < -0.4 is 5.56 Å². The van der Waals surface area contributed by atoms with Crippen molar-refractivity contribution in [1.29, 1.82) is 0 Å². The van der Waals surface area contributed by atoms with Gasteiger partial charge in [-0.15, -0.1) is 0 Å². The summed E-state index contributed by atoms with van der Waals surface area (Å²) >= 11 is 0. The molecule has 3 aromatic heterocycles. The minimum Gasteiger partial charge on any atom is -0.334 e. The summed E-state index contributed by atoms with van der Waals surface area (Å²) in [6, 6.07) is 3.78. The molecule has 1 saturated heterocycles. The Balaban J connectivity index is 1.57. The molecule has 3 aromatic rings. The average molecular weight is 368 g/mol. The molecule has 8 heteroatoms. The third-order valence-corrected chi connectivity index (χ3v) is 5.50. The molecule has 8 nitrogen and oxygen atoms in total. The lowest BCUT2D eigenvalue weighted by Crippen LogP contribution is -2.31. The normalized spacial score (nSPS) is 17.1. The maximum atomic E-state index is 12.8. The summed E-state index contributed by atoms with van der Waals surface area (Å²) in [5.74, 6) is 0.110. The molecule has 0 radical (unpaired) electrons. The number of hydrogen-bond acceptors (Lipinski definition) is 4. The summed E-state index contributed by atoms with van der Waals surface area (Å²) in [4.78, 5) is 31.7. The van der Waals surface area contributed by atoms with Crippen LogP contribution in [0.25, 0.3) is 5.65 Å². The van der Waals surface area contributed by atoms with Gasteiger partial charge in [-0.2, -0.15) is 5.10 Å². The molecule has 0 saturated carbocycles. The van der Waals surface area contributed by atoms with E-state index in [-0.39, 0.29) is 17.5 Å². The second kappa shape index (κ2) is 6.68. The minimum absolute atomic E-state index is 0.0436. The van der Waals surface area contributed by atoms with Crippen LogP contribution in [0.2, 0.25) is 0 Å². The number of carbonyl (C=O) groups is 1. The number of carbonyl (C=O) groups excluding carboxylic acids is 1. The molecular formula is C19H24N6O2. The summed E-state index contributed by atoms with van der Waals surface area (Å²) in [6.45, 7) is 6.91. The van der Waals surface area contributed by atoms with Crippen LogP contribution in [0, 0.1) is 20.8 Å². The number of aryl methyl sites for hydroxylation is 3. The zero-order chi connectivity index (χ0) is 19.1. The maximum Gasteiger partial charge on any atom is 0.275 e. The van der Waals surface area contributed by atoms with Crippen molar-refractivity contribution in [2.45, 2.75) is 52.6 Å². The van der Waals surface area contributed by atoms with E-state index in [1.54, 1.807) is 13.1 Å². The second-order valence-electron chi connectivity index (χ2n) is 7.22. The number of aromatic nitrogens is 5. The van der Waals surface area contributed by atoms with E-state index in [4.69, 9.17) is 0 Å². The van der Waals surface area contributed by atoms with E-state index in [1.807, 2.05) is 35.6 Å². The van der Waals surface area contributed by atoms with E-state index < -0.39 is 0 Å². The first kappa shape index (κ1) is 17.5. The fraction of sp³-hybridized carbons (Fsp3) is 0.474. The van der Waals surface area contributed by atoms with E-state index in [0.29, 0.717) is 24.2 Å². The zero-order valence-electron chi connectivity index (χ0n) is 15.9. The number of nitrogens with one attached hydrogen (secondary N) is 1. The maximum absolute atomic E-state index is 12.8. The molecule has 1 amide bonds. The van der Waals surface area contributed by atoms with Crippen molar-refractivity contribution in [1.82, 2.24) is 29.3 Å². The van der Waals surface area contributed by atoms with Crippen molar-refractivity contribution < 1.29 is 4.79 Å². The van der Waals surface area contributed by atoms with Crippen molar-refractivity contribution in [2.75, 3.05) is 6.54 Å². The van der Waals surface area contributed by atoms with Crippen LogP contribution in [-0.4, -0.2) is 41.7 Å². The number of aromatic amines is 1. The highest BCUT2D eigenvalue weighted by atomic mass is 16.2. The molecule has 1 N–H and O–H groups in total. The van der Waals surface area contributed by atoms with Gasteiger partial charge >= 0.3 is 0 Å². The second-order valence-corrected chi connectivity index (χ2v) is 7.22. The summed E-state index contributed by atoms with van der Waals surface area (Å²) in [5, 5.41) is 7.41. The summed E-state index contributed by atoms with van der Waals surface area (Å²) in [6.07, 6.45) is 3.99. The standard InChI is InChI=1S/C19H24N6O2/c1-12-6-8-20-24(12)10-7-18(26)23-9-4-5-16(23)15-11-17-21-14(3)13(2)19(27)25(17)22-15/h6,8,11,16,22H,4-5,7,9-10H2,1-3H3/t16-/m0/s1. The Morgan fingerprint density at radius 2 is 2.15 bits per heavy atom. The van der Waals surface area contributed by atoms with Gasteiger partial charge in [-0.3, -0.25) is 19.4 Å². The number of hydrogen-bond donors (Lipinski definition) is 1.